The summed E-state index contributed by atoms with van der Waals surface area (Å²) in [7, 11) is 0. The van der Waals surface area contributed by atoms with Gasteiger partial charge in [-0.15, -0.1) is 0 Å². The highest BCUT2D eigenvalue weighted by atomic mass is 14.7. The molecule has 0 aromatic heterocycles. The van der Waals surface area contributed by atoms with Crippen LogP contribution < -0.4 is 0 Å². The zero-order chi connectivity index (χ0) is 12.3. The molecule has 0 saturated carbocycles. The fourth-order valence-electron chi connectivity index (χ4n) is 1.75. The van der Waals surface area contributed by atoms with Gasteiger partial charge in [-0.1, -0.05) is 36.4 Å². The van der Waals surface area contributed by atoms with Crippen LogP contribution in [0, 0.1) is 20.8 Å². The smallest absolute Gasteiger partial charge is 0.0661 e. The van der Waals surface area contributed by atoms with Gasteiger partial charge in [0.25, 0.3) is 0 Å². The van der Waals surface area contributed by atoms with E-state index in [4.69, 9.17) is 0 Å². The average molecular weight is 223 g/mol. The molecule has 0 N–H and O–H groups in total. The topological polar surface area (TPSA) is 12.4 Å². The van der Waals surface area contributed by atoms with E-state index in [9.17, 15) is 0 Å². The number of rotatable bonds is 2. The first kappa shape index (κ1) is 11.6. The van der Waals surface area contributed by atoms with Gasteiger partial charge in [-0.05, 0) is 49.1 Å². The average Bonchev–Trinajstić information content (AvgIpc) is 2.33. The third kappa shape index (κ3) is 2.62. The van der Waals surface area contributed by atoms with Crippen molar-refractivity contribution in [2.24, 2.45) is 4.99 Å². The first-order chi connectivity index (χ1) is 8.18. The maximum absolute atomic E-state index is 4.57. The van der Waals surface area contributed by atoms with Crippen LogP contribution in [0.4, 0.5) is 5.69 Å². The molecular weight excluding hydrogens is 206 g/mol. The number of aryl methyl sites for hydroxylation is 2. The van der Waals surface area contributed by atoms with Gasteiger partial charge in [0, 0.05) is 6.21 Å². The highest BCUT2D eigenvalue weighted by Crippen LogP contribution is 2.21. The van der Waals surface area contributed by atoms with Crippen molar-refractivity contribution in [3.8, 4) is 0 Å². The van der Waals surface area contributed by atoms with Crippen molar-refractivity contribution in [3.05, 3.63) is 64.7 Å². The predicted molar refractivity (Wildman–Crippen MR) is 74.3 cm³/mol. The van der Waals surface area contributed by atoms with Crippen LogP contribution in [-0.4, -0.2) is 6.21 Å². The lowest BCUT2D eigenvalue weighted by Crippen LogP contribution is -1.86. The molecule has 0 aliphatic heterocycles. The van der Waals surface area contributed by atoms with E-state index in [1.165, 1.54) is 22.3 Å². The summed E-state index contributed by atoms with van der Waals surface area (Å²) in [4.78, 5) is 4.57. The number of hydrogen-bond donors (Lipinski definition) is 0. The summed E-state index contributed by atoms with van der Waals surface area (Å²) in [6.07, 6.45) is 1.94. The summed E-state index contributed by atoms with van der Waals surface area (Å²) in [6.45, 7) is 6.33. The van der Waals surface area contributed by atoms with E-state index < -0.39 is 0 Å². The summed E-state index contributed by atoms with van der Waals surface area (Å²) in [6, 6.07) is 14.5. The Labute approximate surface area is 103 Å². The minimum atomic E-state index is 1.05. The van der Waals surface area contributed by atoms with E-state index in [0.29, 0.717) is 0 Å². The third-order valence-electron chi connectivity index (χ3n) is 3.11. The second kappa shape index (κ2) is 4.96. The molecule has 1 heteroatoms. The summed E-state index contributed by atoms with van der Waals surface area (Å²) in [5.41, 5.74) is 6.00. The van der Waals surface area contributed by atoms with Crippen molar-refractivity contribution in [2.45, 2.75) is 20.8 Å². The monoisotopic (exact) mass is 223 g/mol. The minimum Gasteiger partial charge on any atom is -0.256 e. The Hall–Kier alpha value is -1.89. The molecule has 17 heavy (non-hydrogen) atoms. The lowest BCUT2D eigenvalue weighted by atomic mass is 10.1. The molecule has 0 unspecified atom stereocenters. The molecule has 0 radical (unpaired) electrons. The number of nitrogens with zero attached hydrogens (tertiary/aromatic N) is 1. The van der Waals surface area contributed by atoms with Crippen molar-refractivity contribution >= 4 is 11.9 Å². The third-order valence-corrected chi connectivity index (χ3v) is 3.11. The highest BCUT2D eigenvalue weighted by Gasteiger charge is 1.98. The Morgan fingerprint density at radius 1 is 0.824 bits per heavy atom. The first-order valence-electron chi connectivity index (χ1n) is 5.84. The van der Waals surface area contributed by atoms with Gasteiger partial charge < -0.3 is 0 Å². The lowest BCUT2D eigenvalue weighted by Gasteiger charge is -2.03. The zero-order valence-corrected chi connectivity index (χ0v) is 10.6. The van der Waals surface area contributed by atoms with Gasteiger partial charge in [0.2, 0.25) is 0 Å². The second-order valence-corrected chi connectivity index (χ2v) is 4.33. The van der Waals surface area contributed by atoms with Crippen molar-refractivity contribution in [3.63, 3.8) is 0 Å². The Balaban J connectivity index is 2.33. The summed E-state index contributed by atoms with van der Waals surface area (Å²) in [5.74, 6) is 0. The molecule has 0 amide bonds. The molecule has 0 aliphatic rings. The predicted octanol–water partition coefficient (Wildman–Crippen LogP) is 4.36. The van der Waals surface area contributed by atoms with Crippen LogP contribution in [0.3, 0.4) is 0 Å². The molecule has 0 fully saturated rings. The number of hydrogen-bond acceptors (Lipinski definition) is 1. The molecular formula is C16H17N. The standard InChI is InChI=1S/C16H17N/c1-12-8-6-10-16(14(12)3)17-11-15-9-5-4-7-13(15)2/h4-11H,1-3H3. The van der Waals surface area contributed by atoms with E-state index in [1.54, 1.807) is 0 Å². The van der Waals surface area contributed by atoms with Crippen LogP contribution in [0.25, 0.3) is 0 Å². The lowest BCUT2D eigenvalue weighted by molar-refractivity contribution is 1.31. The molecule has 2 aromatic carbocycles. The van der Waals surface area contributed by atoms with Crippen LogP contribution in [0.5, 0.6) is 0 Å². The van der Waals surface area contributed by atoms with E-state index in [1.807, 2.05) is 24.4 Å². The molecule has 0 bridgehead atoms. The Morgan fingerprint density at radius 3 is 2.29 bits per heavy atom. The van der Waals surface area contributed by atoms with Gasteiger partial charge in [0.05, 0.1) is 5.69 Å². The Morgan fingerprint density at radius 2 is 1.53 bits per heavy atom. The van der Waals surface area contributed by atoms with Gasteiger partial charge in [0.15, 0.2) is 0 Å². The minimum absolute atomic E-state index is 1.05. The van der Waals surface area contributed by atoms with Crippen LogP contribution in [0.15, 0.2) is 47.5 Å². The van der Waals surface area contributed by atoms with Crippen molar-refractivity contribution in [1.29, 1.82) is 0 Å². The highest BCUT2D eigenvalue weighted by molar-refractivity contribution is 5.84. The Bertz CT molecular complexity index is 553. The van der Waals surface area contributed by atoms with Crippen molar-refractivity contribution < 1.29 is 0 Å². The van der Waals surface area contributed by atoms with E-state index in [2.05, 4.69) is 50.0 Å². The maximum Gasteiger partial charge on any atom is 0.0661 e. The maximum atomic E-state index is 4.57. The Kier molecular flexibility index (Phi) is 3.38. The fourth-order valence-corrected chi connectivity index (χ4v) is 1.75. The number of aliphatic imine (C=N–C) groups is 1. The normalized spacial score (nSPS) is 11.0. The van der Waals surface area contributed by atoms with Gasteiger partial charge in [-0.25, -0.2) is 0 Å². The van der Waals surface area contributed by atoms with E-state index in [-0.39, 0.29) is 0 Å². The zero-order valence-electron chi connectivity index (χ0n) is 10.6. The van der Waals surface area contributed by atoms with Crippen molar-refractivity contribution in [1.82, 2.24) is 0 Å². The summed E-state index contributed by atoms with van der Waals surface area (Å²) >= 11 is 0. The molecule has 2 rings (SSSR count). The van der Waals surface area contributed by atoms with E-state index >= 15 is 0 Å². The molecule has 0 aliphatic carbocycles. The molecule has 1 nitrogen and oxygen atoms in total. The van der Waals surface area contributed by atoms with Crippen LogP contribution in [-0.2, 0) is 0 Å². The second-order valence-electron chi connectivity index (χ2n) is 4.33. The van der Waals surface area contributed by atoms with Crippen LogP contribution in [0.2, 0.25) is 0 Å². The van der Waals surface area contributed by atoms with Gasteiger partial charge in [0.1, 0.15) is 0 Å². The molecule has 0 spiro atoms. The molecule has 86 valence electrons. The van der Waals surface area contributed by atoms with E-state index in [0.717, 1.165) is 5.69 Å². The van der Waals surface area contributed by atoms with Gasteiger partial charge in [-0.2, -0.15) is 0 Å². The van der Waals surface area contributed by atoms with Crippen LogP contribution in [0.1, 0.15) is 22.3 Å². The first-order valence-corrected chi connectivity index (χ1v) is 5.84. The molecule has 2 aromatic rings. The molecule has 0 heterocycles. The SMILES string of the molecule is Cc1ccccc1C=Nc1cccc(C)c1C. The van der Waals surface area contributed by atoms with Crippen LogP contribution >= 0.6 is 0 Å². The quantitative estimate of drug-likeness (QED) is 0.671. The van der Waals surface area contributed by atoms with Gasteiger partial charge in [-0.3, -0.25) is 4.99 Å². The molecule has 0 saturated heterocycles. The summed E-state index contributed by atoms with van der Waals surface area (Å²) < 4.78 is 0. The van der Waals surface area contributed by atoms with Crippen molar-refractivity contribution in [2.75, 3.05) is 0 Å². The number of benzene rings is 2. The van der Waals surface area contributed by atoms with Gasteiger partial charge >= 0.3 is 0 Å². The fraction of sp³-hybridized carbons (Fsp3) is 0.188. The molecule has 0 atom stereocenters. The summed E-state index contributed by atoms with van der Waals surface area (Å²) in [5, 5.41) is 0. The largest absolute Gasteiger partial charge is 0.256 e.